The quantitative estimate of drug-likeness (QED) is 0.0417. The van der Waals surface area contributed by atoms with Crippen LogP contribution in [0.15, 0.2) is 108 Å². The van der Waals surface area contributed by atoms with Crippen molar-refractivity contribution in [2.75, 3.05) is 46.4 Å². The van der Waals surface area contributed by atoms with E-state index < -0.39 is 60.3 Å². The number of thiophene rings is 1. The predicted molar refractivity (Wildman–Crippen MR) is 321 cm³/mol. The first-order chi connectivity index (χ1) is 40.6. The van der Waals surface area contributed by atoms with Crippen LogP contribution in [0.3, 0.4) is 0 Å². The van der Waals surface area contributed by atoms with Gasteiger partial charge < -0.3 is 29.1 Å². The fourth-order valence-electron chi connectivity index (χ4n) is 12.7. The van der Waals surface area contributed by atoms with Crippen LogP contribution in [0.5, 0.6) is 5.75 Å². The van der Waals surface area contributed by atoms with E-state index in [9.17, 15) is 28.5 Å². The van der Waals surface area contributed by atoms with Crippen LogP contribution in [0.2, 0.25) is 0 Å². The monoisotopic (exact) mass is 1200 g/mol. The number of rotatable bonds is 18. The maximum atomic E-state index is 17.8. The molecular weight excluding hydrogens is 1130 g/mol. The number of methoxy groups -OCH3 is 1. The number of morpholine rings is 1. The first kappa shape index (κ1) is 61.1. The Labute approximate surface area is 498 Å². The largest absolute Gasteiger partial charge is 0.468 e. The van der Waals surface area contributed by atoms with Crippen molar-refractivity contribution in [3.05, 3.63) is 135 Å². The fourth-order valence-corrected chi connectivity index (χ4v) is 16.0. The van der Waals surface area contributed by atoms with Crippen LogP contribution < -0.4 is 25.9 Å². The lowest BCUT2D eigenvalue weighted by Crippen LogP contribution is -2.59. The number of hydrogen-bond acceptors (Lipinski definition) is 13. The number of benzene rings is 4. The van der Waals surface area contributed by atoms with Gasteiger partial charge in [0.05, 0.1) is 36.2 Å². The maximum absolute atomic E-state index is 17.8. The number of aryl methyl sites for hydroxylation is 1. The van der Waals surface area contributed by atoms with Crippen molar-refractivity contribution in [3.63, 3.8) is 0 Å². The number of nitrogens with one attached hydrogen (secondary N) is 3. The molecule has 0 bridgehead atoms. The minimum atomic E-state index is -4.63. The summed E-state index contributed by atoms with van der Waals surface area (Å²) in [6.45, 7) is 12.2. The summed E-state index contributed by atoms with van der Waals surface area (Å²) in [5.41, 5.74) is 2.20. The molecule has 2 aromatic heterocycles. The smallest absolute Gasteiger partial charge is 0.358 e. The van der Waals surface area contributed by atoms with Gasteiger partial charge in [-0.05, 0) is 135 Å². The Morgan fingerprint density at radius 3 is 2.28 bits per heavy atom. The summed E-state index contributed by atoms with van der Waals surface area (Å²) in [7, 11) is -1.76. The lowest BCUT2D eigenvalue weighted by atomic mass is 9.82. The Kier molecular flexibility index (Phi) is 18.1. The standard InChI is InChI=1S/C63H76FN8O11PS/c1-8-63(64,84(80,67-39(2)60(78)81-7)83-46-17-13-10-14-18-46)45-20-23-51-44(35-45)36-52(85-51)57(75)66-55(62(3,4)5)59(77)71-30-27-43(54(71)58(76)70-31-32-82-50(38-70)42-15-11-9-12-16-42)33-40-25-28-69(29-26-40)37-41-19-21-47-49(34-41)68(6)61(79)72(47)48-22-24-53(73)65-56(48)74/h9-21,23,34-36,39-40,43,48,50,54-55H,8,22,24-33,37-38H2,1-7H3,(H,66,75)(H,67,80)(H,65,73,74)/t39-,43-,48?,50-,54-,55+,63?,84?/m0/s1. The highest BCUT2D eigenvalue weighted by Gasteiger charge is 2.54. The summed E-state index contributed by atoms with van der Waals surface area (Å²) >= 11 is 1.16. The van der Waals surface area contributed by atoms with Crippen molar-refractivity contribution < 1.29 is 51.7 Å². The third-order valence-electron chi connectivity index (χ3n) is 17.4. The Morgan fingerprint density at radius 1 is 0.882 bits per heavy atom. The first-order valence-electron chi connectivity index (χ1n) is 29.4. The van der Waals surface area contributed by atoms with Gasteiger partial charge in [0.15, 0.2) is 0 Å². The highest BCUT2D eigenvalue weighted by atomic mass is 32.1. The first-order valence-corrected chi connectivity index (χ1v) is 31.8. The van der Waals surface area contributed by atoms with Crippen LogP contribution in [0.4, 0.5) is 4.39 Å². The van der Waals surface area contributed by atoms with Gasteiger partial charge in [-0.2, -0.15) is 0 Å². The van der Waals surface area contributed by atoms with Crippen LogP contribution >= 0.6 is 18.9 Å². The Balaban J connectivity index is 0.861. The molecule has 10 rings (SSSR count). The Morgan fingerprint density at radius 2 is 1.60 bits per heavy atom. The van der Waals surface area contributed by atoms with Gasteiger partial charge in [0.2, 0.25) is 29.0 Å². The molecule has 3 unspecified atom stereocenters. The number of piperidine rings is 2. The number of carbonyl (C=O) groups is 6. The lowest BCUT2D eigenvalue weighted by molar-refractivity contribution is -0.152. The van der Waals surface area contributed by atoms with Crippen molar-refractivity contribution in [1.29, 1.82) is 0 Å². The predicted octanol–water partition coefficient (Wildman–Crippen LogP) is 8.75. The number of ether oxygens (including phenoxy) is 2. The molecule has 0 aliphatic carbocycles. The molecule has 4 aliphatic heterocycles. The average molecular weight is 1200 g/mol. The second-order valence-corrected chi connectivity index (χ2v) is 27.5. The minimum Gasteiger partial charge on any atom is -0.468 e. The van der Waals surface area contributed by atoms with Gasteiger partial charge in [-0.15, -0.1) is 11.3 Å². The average Bonchev–Trinajstić information content (AvgIpc) is 3.70. The van der Waals surface area contributed by atoms with Gasteiger partial charge in [0.25, 0.3) is 5.91 Å². The van der Waals surface area contributed by atoms with E-state index in [1.54, 1.807) is 59.0 Å². The number of para-hydroxylation sites is 1. The summed E-state index contributed by atoms with van der Waals surface area (Å²) in [4.78, 5) is 102. The third-order valence-corrected chi connectivity index (χ3v) is 21.3. The molecule has 0 spiro atoms. The number of esters is 1. The van der Waals surface area contributed by atoms with Crippen LogP contribution in [0.1, 0.15) is 118 Å². The highest BCUT2D eigenvalue weighted by molar-refractivity contribution is 7.58. The number of halogens is 1. The van der Waals surface area contributed by atoms with E-state index in [1.165, 1.54) is 37.7 Å². The molecule has 5 amide bonds. The van der Waals surface area contributed by atoms with Crippen LogP contribution in [-0.2, 0) is 57.0 Å². The normalized spacial score (nSPS) is 22.1. The molecule has 4 fully saturated rings. The van der Waals surface area contributed by atoms with Gasteiger partial charge >= 0.3 is 19.2 Å². The summed E-state index contributed by atoms with van der Waals surface area (Å²) in [6.07, 6.45) is 2.84. The van der Waals surface area contributed by atoms with Crippen molar-refractivity contribution in [2.45, 2.75) is 122 Å². The van der Waals surface area contributed by atoms with Crippen molar-refractivity contribution in [3.8, 4) is 5.75 Å². The van der Waals surface area contributed by atoms with Gasteiger partial charge in [-0.25, -0.2) is 14.3 Å². The number of hydrogen-bond donors (Lipinski definition) is 3. The molecule has 452 valence electrons. The molecule has 6 aromatic rings. The van der Waals surface area contributed by atoms with Crippen molar-refractivity contribution >= 4 is 75.5 Å². The zero-order valence-electron chi connectivity index (χ0n) is 49.2. The number of alkyl halides is 1. The molecule has 8 atom stereocenters. The molecule has 6 heterocycles. The van der Waals surface area contributed by atoms with Gasteiger partial charge in [0, 0.05) is 43.4 Å². The number of imidazole rings is 1. The van der Waals surface area contributed by atoms with Gasteiger partial charge in [0.1, 0.15) is 36.0 Å². The lowest BCUT2D eigenvalue weighted by Gasteiger charge is -2.40. The Hall–Kier alpha value is -7.03. The SMILES string of the molecule is CCC(F)(c1ccc2sc(C(=O)N[C@H](C(=O)N3CC[C@@H](CC4CCN(Cc5ccc6c(c5)n(C)c(=O)n6C5CCC(=O)NC5=O)CC4)[C@H]3C(=O)N3CCO[C@H](c4ccccc4)C3)C(C)(C)C)cc2c1)P(=O)(N[C@@H](C)C(=O)OC)Oc1ccccc1. The number of fused-ring (bicyclic) bond motifs is 2. The zero-order chi connectivity index (χ0) is 60.5. The minimum absolute atomic E-state index is 0.00432. The number of carbonyl (C=O) groups excluding carboxylic acids is 6. The molecule has 85 heavy (non-hydrogen) atoms. The van der Waals surface area contributed by atoms with E-state index in [-0.39, 0.29) is 76.8 Å². The fraction of sp³-hybridized carbons (Fsp3) is 0.476. The number of aromatic nitrogens is 2. The summed E-state index contributed by atoms with van der Waals surface area (Å²) in [5, 5.41) is 5.91. The van der Waals surface area contributed by atoms with Crippen LogP contribution in [-0.4, -0.2) is 124 Å². The Bertz CT molecular complexity index is 3600. The molecule has 22 heteroatoms. The van der Waals surface area contributed by atoms with E-state index in [4.69, 9.17) is 14.0 Å². The van der Waals surface area contributed by atoms with Crippen molar-refractivity contribution in [1.82, 2.24) is 39.6 Å². The van der Waals surface area contributed by atoms with Crippen LogP contribution in [0, 0.1) is 17.3 Å². The van der Waals surface area contributed by atoms with E-state index in [0.29, 0.717) is 60.3 Å². The maximum Gasteiger partial charge on any atom is 0.358 e. The molecule has 3 N–H and O–H groups in total. The molecule has 4 aromatic carbocycles. The van der Waals surface area contributed by atoms with Gasteiger partial charge in [-0.1, -0.05) is 88.4 Å². The number of imide groups is 1. The topological polar surface area (TPSA) is 220 Å². The van der Waals surface area contributed by atoms with E-state index in [2.05, 4.69) is 20.6 Å². The molecule has 4 saturated heterocycles. The number of nitrogens with zero attached hydrogens (tertiary/aromatic N) is 5. The summed E-state index contributed by atoms with van der Waals surface area (Å²) in [5.74, 6) is -2.36. The van der Waals surface area contributed by atoms with Gasteiger partial charge in [-0.3, -0.25) is 52.7 Å². The highest BCUT2D eigenvalue weighted by Crippen LogP contribution is 2.64. The number of likely N-dealkylation sites (tertiary alicyclic amines) is 2. The molecule has 4 aliphatic rings. The van der Waals surface area contributed by atoms with E-state index in [0.717, 1.165) is 54.8 Å². The summed E-state index contributed by atoms with van der Waals surface area (Å²) < 4.78 is 53.5. The molecule has 0 saturated carbocycles. The van der Waals surface area contributed by atoms with E-state index in [1.807, 2.05) is 74.2 Å². The third kappa shape index (κ3) is 12.6. The molecular formula is C63H76FN8O11PS. The second-order valence-electron chi connectivity index (χ2n) is 24.1. The molecule has 0 radical (unpaired) electrons. The summed E-state index contributed by atoms with van der Waals surface area (Å²) in [6, 6.07) is 26.3. The van der Waals surface area contributed by atoms with Crippen LogP contribution in [0.25, 0.3) is 21.1 Å². The molecule has 19 nitrogen and oxygen atoms in total. The second kappa shape index (κ2) is 25.1. The van der Waals surface area contributed by atoms with Crippen molar-refractivity contribution in [2.24, 2.45) is 24.3 Å². The number of amides is 5. The zero-order valence-corrected chi connectivity index (χ0v) is 50.9. The van der Waals surface area contributed by atoms with E-state index >= 15 is 14.0 Å².